The molecule has 1 aromatic heterocycles. The van der Waals surface area contributed by atoms with Crippen LogP contribution in [0, 0.1) is 24.2 Å². The molecule has 2 aromatic rings. The van der Waals surface area contributed by atoms with Crippen molar-refractivity contribution < 1.29 is 9.59 Å². The third-order valence-electron chi connectivity index (χ3n) is 4.62. The van der Waals surface area contributed by atoms with Gasteiger partial charge in [-0.25, -0.2) is 0 Å². The predicted octanol–water partition coefficient (Wildman–Crippen LogP) is 2.11. The smallest absolute Gasteiger partial charge is 0.245 e. The van der Waals surface area contributed by atoms with Gasteiger partial charge < -0.3 is 10.2 Å². The number of nitrogens with one attached hydrogen (secondary N) is 2. The van der Waals surface area contributed by atoms with E-state index in [4.69, 9.17) is 5.26 Å². The molecule has 0 bridgehead atoms. The summed E-state index contributed by atoms with van der Waals surface area (Å²) >= 11 is 0. The van der Waals surface area contributed by atoms with E-state index in [2.05, 4.69) is 28.2 Å². The minimum atomic E-state index is -0.153. The Morgan fingerprint density at radius 3 is 2.80 bits per heavy atom. The summed E-state index contributed by atoms with van der Waals surface area (Å²) in [7, 11) is 0. The van der Waals surface area contributed by atoms with Crippen molar-refractivity contribution in [2.24, 2.45) is 5.92 Å². The number of anilines is 1. The van der Waals surface area contributed by atoms with E-state index in [1.165, 1.54) is 6.08 Å². The molecule has 1 saturated heterocycles. The van der Waals surface area contributed by atoms with Crippen molar-refractivity contribution in [1.29, 1.82) is 5.26 Å². The number of carbonyl (C=O) groups excluding carboxylic acids is 2. The van der Waals surface area contributed by atoms with Crippen LogP contribution in [0.3, 0.4) is 0 Å². The highest BCUT2D eigenvalue weighted by atomic mass is 16.2. The number of H-pyrrole nitrogens is 1. The van der Waals surface area contributed by atoms with Crippen molar-refractivity contribution in [3.8, 4) is 6.07 Å². The van der Waals surface area contributed by atoms with Crippen molar-refractivity contribution in [3.63, 3.8) is 0 Å². The van der Waals surface area contributed by atoms with E-state index in [1.54, 1.807) is 11.0 Å². The molecule has 1 aromatic carbocycles. The van der Waals surface area contributed by atoms with Gasteiger partial charge in [0.05, 0.1) is 17.1 Å². The van der Waals surface area contributed by atoms with E-state index in [0.717, 1.165) is 10.9 Å². The second kappa shape index (κ2) is 6.77. The zero-order valence-electron chi connectivity index (χ0n) is 14.0. The van der Waals surface area contributed by atoms with Crippen LogP contribution >= 0.6 is 0 Å². The molecule has 0 spiro atoms. The molecule has 7 heteroatoms. The van der Waals surface area contributed by atoms with Crippen molar-refractivity contribution in [3.05, 3.63) is 35.9 Å². The first-order chi connectivity index (χ1) is 12.0. The second-order valence-electron chi connectivity index (χ2n) is 6.19. The summed E-state index contributed by atoms with van der Waals surface area (Å²) in [6.07, 6.45) is 2.53. The highest BCUT2D eigenvalue weighted by Crippen LogP contribution is 2.26. The summed E-state index contributed by atoms with van der Waals surface area (Å²) < 4.78 is 0. The molecule has 0 radical (unpaired) electrons. The van der Waals surface area contributed by atoms with Crippen LogP contribution in [0.5, 0.6) is 0 Å². The van der Waals surface area contributed by atoms with Crippen LogP contribution < -0.4 is 5.32 Å². The highest BCUT2D eigenvalue weighted by Gasteiger charge is 2.27. The largest absolute Gasteiger partial charge is 0.339 e. The van der Waals surface area contributed by atoms with E-state index < -0.39 is 0 Å². The lowest BCUT2D eigenvalue weighted by atomic mass is 9.95. The van der Waals surface area contributed by atoms with Crippen LogP contribution in [-0.4, -0.2) is 40.0 Å². The Balaban J connectivity index is 1.71. The van der Waals surface area contributed by atoms with Gasteiger partial charge in [-0.1, -0.05) is 6.58 Å². The summed E-state index contributed by atoms with van der Waals surface area (Å²) in [5, 5.41) is 19.7. The van der Waals surface area contributed by atoms with Gasteiger partial charge in [0.25, 0.3) is 0 Å². The van der Waals surface area contributed by atoms with E-state index >= 15 is 0 Å². The first kappa shape index (κ1) is 16.7. The van der Waals surface area contributed by atoms with Crippen LogP contribution in [0.4, 0.5) is 5.82 Å². The van der Waals surface area contributed by atoms with Crippen LogP contribution in [-0.2, 0) is 9.59 Å². The molecule has 2 heterocycles. The summed E-state index contributed by atoms with van der Waals surface area (Å²) in [6.45, 7) is 6.44. The molecule has 1 aliphatic heterocycles. The number of hydrogen-bond acceptors (Lipinski definition) is 4. The quantitative estimate of drug-likeness (QED) is 0.837. The number of likely N-dealkylation sites (tertiary alicyclic amines) is 1. The number of amides is 2. The van der Waals surface area contributed by atoms with Crippen molar-refractivity contribution in [1.82, 2.24) is 15.1 Å². The molecule has 0 atom stereocenters. The molecular weight excluding hydrogens is 318 g/mol. The first-order valence-corrected chi connectivity index (χ1v) is 8.14. The van der Waals surface area contributed by atoms with Gasteiger partial charge in [-0.2, -0.15) is 10.4 Å². The number of aromatic nitrogens is 2. The molecule has 2 amide bonds. The lowest BCUT2D eigenvalue weighted by Crippen LogP contribution is -2.40. The summed E-state index contributed by atoms with van der Waals surface area (Å²) in [5.74, 6) is 0.124. The zero-order valence-corrected chi connectivity index (χ0v) is 14.0. The Morgan fingerprint density at radius 2 is 2.16 bits per heavy atom. The maximum Gasteiger partial charge on any atom is 0.245 e. The molecule has 1 aliphatic rings. The standard InChI is InChI=1S/C18H19N5O2/c1-3-16(24)23-6-4-12(5-7-23)18(25)20-17-14-8-11(2)13(10-19)9-15(14)21-22-17/h3,8-9,12H,1,4-7H2,2H3,(H2,20,21,22,25). The van der Waals surface area contributed by atoms with E-state index in [1.807, 2.05) is 13.0 Å². The van der Waals surface area contributed by atoms with Gasteiger partial charge in [0.2, 0.25) is 11.8 Å². The number of nitriles is 1. The van der Waals surface area contributed by atoms with E-state index in [0.29, 0.717) is 42.8 Å². The molecule has 0 saturated carbocycles. The average molecular weight is 337 g/mol. The van der Waals surface area contributed by atoms with E-state index in [-0.39, 0.29) is 17.7 Å². The lowest BCUT2D eigenvalue weighted by Gasteiger charge is -2.30. The Hall–Kier alpha value is -3.14. The number of fused-ring (bicyclic) bond motifs is 1. The molecule has 128 valence electrons. The van der Waals surface area contributed by atoms with Gasteiger partial charge >= 0.3 is 0 Å². The molecule has 25 heavy (non-hydrogen) atoms. The lowest BCUT2D eigenvalue weighted by molar-refractivity contribution is -0.130. The Bertz CT molecular complexity index is 885. The van der Waals surface area contributed by atoms with Gasteiger partial charge in [-0.3, -0.25) is 14.7 Å². The van der Waals surface area contributed by atoms with Crippen molar-refractivity contribution in [2.75, 3.05) is 18.4 Å². The van der Waals surface area contributed by atoms with Crippen LogP contribution in [0.25, 0.3) is 10.9 Å². The fourth-order valence-corrected chi connectivity index (χ4v) is 3.10. The maximum atomic E-state index is 12.5. The fraction of sp³-hybridized carbons (Fsp3) is 0.333. The molecule has 7 nitrogen and oxygen atoms in total. The van der Waals surface area contributed by atoms with Gasteiger partial charge in [0, 0.05) is 24.4 Å². The molecule has 0 aliphatic carbocycles. The molecule has 0 unspecified atom stereocenters. The normalized spacial score (nSPS) is 15.0. The summed E-state index contributed by atoms with van der Waals surface area (Å²) in [6, 6.07) is 5.71. The molecule has 1 fully saturated rings. The third-order valence-corrected chi connectivity index (χ3v) is 4.62. The zero-order chi connectivity index (χ0) is 18.0. The Labute approximate surface area is 145 Å². The van der Waals surface area contributed by atoms with Crippen LogP contribution in [0.2, 0.25) is 0 Å². The van der Waals surface area contributed by atoms with Crippen LogP contribution in [0.15, 0.2) is 24.8 Å². The molecular formula is C18H19N5O2. The van der Waals surface area contributed by atoms with Crippen molar-refractivity contribution >= 4 is 28.5 Å². The van der Waals surface area contributed by atoms with Gasteiger partial charge in [-0.05, 0) is 43.5 Å². The number of rotatable bonds is 3. The Morgan fingerprint density at radius 1 is 1.44 bits per heavy atom. The minimum absolute atomic E-state index is 0.0962. The van der Waals surface area contributed by atoms with Gasteiger partial charge in [-0.15, -0.1) is 0 Å². The van der Waals surface area contributed by atoms with Gasteiger partial charge in [0.1, 0.15) is 0 Å². The summed E-state index contributed by atoms with van der Waals surface area (Å²) in [5.41, 5.74) is 2.13. The second-order valence-corrected chi connectivity index (χ2v) is 6.19. The van der Waals surface area contributed by atoms with Gasteiger partial charge in [0.15, 0.2) is 5.82 Å². The van der Waals surface area contributed by atoms with E-state index in [9.17, 15) is 9.59 Å². The minimum Gasteiger partial charge on any atom is -0.339 e. The average Bonchev–Trinajstić information content (AvgIpc) is 3.02. The predicted molar refractivity (Wildman–Crippen MR) is 93.7 cm³/mol. The monoisotopic (exact) mass is 337 g/mol. The molecule has 3 rings (SSSR count). The number of carbonyl (C=O) groups is 2. The number of piperidine rings is 1. The van der Waals surface area contributed by atoms with Crippen LogP contribution in [0.1, 0.15) is 24.0 Å². The van der Waals surface area contributed by atoms with Crippen molar-refractivity contribution in [2.45, 2.75) is 19.8 Å². The number of aryl methyl sites for hydroxylation is 1. The SMILES string of the molecule is C=CC(=O)N1CCC(C(=O)Nc2n[nH]c3cc(C#N)c(C)cc23)CC1. The third kappa shape index (κ3) is 3.24. The maximum absolute atomic E-state index is 12.5. The summed E-state index contributed by atoms with van der Waals surface area (Å²) in [4.78, 5) is 25.8. The number of nitrogens with zero attached hydrogens (tertiary/aromatic N) is 3. The number of benzene rings is 1. The fourth-order valence-electron chi connectivity index (χ4n) is 3.10. The Kier molecular flexibility index (Phi) is 4.52. The first-order valence-electron chi connectivity index (χ1n) is 8.14. The number of hydrogen-bond donors (Lipinski definition) is 2. The number of aromatic amines is 1. The topological polar surface area (TPSA) is 102 Å². The molecule has 2 N–H and O–H groups in total. The highest BCUT2D eigenvalue weighted by molar-refractivity contribution is 6.01.